The number of nitrogens with one attached hydrogen (secondary N) is 2. The smallest absolute Gasteiger partial charge is 0.226 e. The maximum atomic E-state index is 12.4. The summed E-state index contributed by atoms with van der Waals surface area (Å²) >= 11 is 0. The summed E-state index contributed by atoms with van der Waals surface area (Å²) in [4.78, 5) is 12.4. The molecular weight excluding hydrogens is 344 g/mol. The topological polar surface area (TPSA) is 68.8 Å². The van der Waals surface area contributed by atoms with E-state index in [0.29, 0.717) is 30.2 Å². The molecule has 2 atom stereocenters. The summed E-state index contributed by atoms with van der Waals surface area (Å²) in [6.45, 7) is 2.59. The van der Waals surface area contributed by atoms with Crippen molar-refractivity contribution >= 4 is 11.6 Å². The molecule has 0 aliphatic heterocycles. The van der Waals surface area contributed by atoms with Crippen LogP contribution >= 0.6 is 0 Å². The van der Waals surface area contributed by atoms with Crippen LogP contribution in [-0.4, -0.2) is 39.8 Å². The van der Waals surface area contributed by atoms with Gasteiger partial charge in [0.15, 0.2) is 0 Å². The van der Waals surface area contributed by atoms with Crippen molar-refractivity contribution in [2.45, 2.75) is 25.5 Å². The predicted octanol–water partition coefficient (Wildman–Crippen LogP) is 3.40. The second kappa shape index (κ2) is 10.5. The minimum absolute atomic E-state index is 0.0111. The molecular formula is C21H28N2O4. The van der Waals surface area contributed by atoms with Crippen LogP contribution in [-0.2, 0) is 9.53 Å². The molecule has 0 bridgehead atoms. The van der Waals surface area contributed by atoms with Crippen LogP contribution in [0.1, 0.15) is 25.0 Å². The minimum Gasteiger partial charge on any atom is -0.497 e. The molecule has 6 heteroatoms. The fourth-order valence-corrected chi connectivity index (χ4v) is 2.78. The Morgan fingerprint density at radius 2 is 1.78 bits per heavy atom. The first-order valence-electron chi connectivity index (χ1n) is 8.90. The number of hydrogen-bond acceptors (Lipinski definition) is 5. The Balaban J connectivity index is 1.88. The lowest BCUT2D eigenvalue weighted by atomic mass is 10.1. The highest BCUT2D eigenvalue weighted by atomic mass is 16.5. The Labute approximate surface area is 160 Å². The van der Waals surface area contributed by atoms with E-state index in [0.717, 1.165) is 5.56 Å². The molecule has 0 aromatic heterocycles. The van der Waals surface area contributed by atoms with E-state index < -0.39 is 0 Å². The van der Waals surface area contributed by atoms with Crippen molar-refractivity contribution in [3.63, 3.8) is 0 Å². The number of rotatable bonds is 10. The molecule has 0 heterocycles. The molecule has 146 valence electrons. The van der Waals surface area contributed by atoms with Gasteiger partial charge in [-0.2, -0.15) is 0 Å². The quantitative estimate of drug-likeness (QED) is 0.669. The number of amides is 1. The van der Waals surface area contributed by atoms with Crippen molar-refractivity contribution in [1.82, 2.24) is 5.32 Å². The molecule has 2 rings (SSSR count). The Morgan fingerprint density at radius 1 is 1.04 bits per heavy atom. The van der Waals surface area contributed by atoms with Gasteiger partial charge >= 0.3 is 0 Å². The van der Waals surface area contributed by atoms with E-state index in [1.165, 1.54) is 0 Å². The number of ether oxygens (including phenoxy) is 3. The van der Waals surface area contributed by atoms with Gasteiger partial charge in [0.25, 0.3) is 0 Å². The summed E-state index contributed by atoms with van der Waals surface area (Å²) in [7, 11) is 4.83. The van der Waals surface area contributed by atoms with E-state index >= 15 is 0 Å². The molecule has 6 nitrogen and oxygen atoms in total. The largest absolute Gasteiger partial charge is 0.497 e. The number of anilines is 1. The van der Waals surface area contributed by atoms with E-state index in [4.69, 9.17) is 14.2 Å². The van der Waals surface area contributed by atoms with Crippen LogP contribution in [0.15, 0.2) is 48.5 Å². The summed E-state index contributed by atoms with van der Waals surface area (Å²) in [6.07, 6.45) is 0.265. The third kappa shape index (κ3) is 6.27. The van der Waals surface area contributed by atoms with Gasteiger partial charge in [-0.15, -0.1) is 0 Å². The molecule has 2 aromatic rings. The van der Waals surface area contributed by atoms with Crippen molar-refractivity contribution in [3.05, 3.63) is 54.1 Å². The molecule has 0 saturated heterocycles. The molecule has 0 aliphatic carbocycles. The van der Waals surface area contributed by atoms with E-state index in [1.54, 1.807) is 39.5 Å². The third-order valence-corrected chi connectivity index (χ3v) is 4.28. The van der Waals surface area contributed by atoms with Gasteiger partial charge in [0.05, 0.1) is 26.0 Å². The lowest BCUT2D eigenvalue weighted by Gasteiger charge is -2.20. The van der Waals surface area contributed by atoms with Gasteiger partial charge < -0.3 is 24.8 Å². The summed E-state index contributed by atoms with van der Waals surface area (Å²) in [5.74, 6) is 1.14. The van der Waals surface area contributed by atoms with Crippen LogP contribution in [0.25, 0.3) is 0 Å². The molecule has 1 amide bonds. The molecule has 27 heavy (non-hydrogen) atoms. The lowest BCUT2D eigenvalue weighted by molar-refractivity contribution is -0.116. The third-order valence-electron chi connectivity index (χ3n) is 4.28. The zero-order chi connectivity index (χ0) is 19.6. The Kier molecular flexibility index (Phi) is 8.10. The van der Waals surface area contributed by atoms with Gasteiger partial charge in [0.2, 0.25) is 5.91 Å². The molecule has 2 unspecified atom stereocenters. The molecule has 2 aromatic carbocycles. The van der Waals surface area contributed by atoms with Crippen LogP contribution in [0.4, 0.5) is 5.69 Å². The Hall–Kier alpha value is -2.57. The molecule has 2 N–H and O–H groups in total. The molecule has 0 fully saturated rings. The first kappa shape index (κ1) is 20.7. The van der Waals surface area contributed by atoms with Crippen LogP contribution in [0.3, 0.4) is 0 Å². The van der Waals surface area contributed by atoms with E-state index in [-0.39, 0.29) is 18.1 Å². The summed E-state index contributed by atoms with van der Waals surface area (Å²) in [5, 5.41) is 6.24. The van der Waals surface area contributed by atoms with Crippen LogP contribution in [0.5, 0.6) is 11.5 Å². The first-order valence-corrected chi connectivity index (χ1v) is 8.90. The molecule has 0 saturated carbocycles. The van der Waals surface area contributed by atoms with Crippen molar-refractivity contribution in [3.8, 4) is 11.5 Å². The fourth-order valence-electron chi connectivity index (χ4n) is 2.78. The second-order valence-corrected chi connectivity index (χ2v) is 6.26. The van der Waals surface area contributed by atoms with Crippen LogP contribution in [0, 0.1) is 0 Å². The Bertz CT molecular complexity index is 721. The van der Waals surface area contributed by atoms with Gasteiger partial charge in [-0.1, -0.05) is 30.3 Å². The predicted molar refractivity (Wildman–Crippen MR) is 106 cm³/mol. The van der Waals surface area contributed by atoms with Crippen molar-refractivity contribution in [2.75, 3.05) is 33.2 Å². The average Bonchev–Trinajstić information content (AvgIpc) is 2.69. The van der Waals surface area contributed by atoms with Crippen LogP contribution in [0.2, 0.25) is 0 Å². The highest BCUT2D eigenvalue weighted by Gasteiger charge is 2.15. The standard InChI is InChI=1S/C21H28N2O4/c1-15(22-14-20(27-4)16-8-6-5-7-9-16)12-21(24)23-18-13-17(25-2)10-11-19(18)26-3/h5-11,13,15,20,22H,12,14H2,1-4H3,(H,23,24). The van der Waals surface area contributed by atoms with Gasteiger partial charge in [-0.3, -0.25) is 4.79 Å². The zero-order valence-corrected chi connectivity index (χ0v) is 16.3. The van der Waals surface area contributed by atoms with Crippen LogP contribution < -0.4 is 20.1 Å². The summed E-state index contributed by atoms with van der Waals surface area (Å²) in [5.41, 5.74) is 1.69. The normalized spacial score (nSPS) is 12.9. The minimum atomic E-state index is -0.102. The number of benzene rings is 2. The highest BCUT2D eigenvalue weighted by Crippen LogP contribution is 2.29. The number of methoxy groups -OCH3 is 3. The maximum Gasteiger partial charge on any atom is 0.226 e. The van der Waals surface area contributed by atoms with Crippen molar-refractivity contribution in [1.29, 1.82) is 0 Å². The molecule has 0 radical (unpaired) electrons. The summed E-state index contributed by atoms with van der Waals surface area (Å²) in [6, 6.07) is 15.3. The molecule has 0 aliphatic rings. The van der Waals surface area contributed by atoms with Crippen molar-refractivity contribution < 1.29 is 19.0 Å². The number of hydrogen-bond donors (Lipinski definition) is 2. The van der Waals surface area contributed by atoms with E-state index in [1.807, 2.05) is 37.3 Å². The summed E-state index contributed by atoms with van der Waals surface area (Å²) < 4.78 is 16.0. The number of carbonyl (C=O) groups excluding carboxylic acids is 1. The Morgan fingerprint density at radius 3 is 2.41 bits per heavy atom. The van der Waals surface area contributed by atoms with Gasteiger partial charge in [0.1, 0.15) is 11.5 Å². The van der Waals surface area contributed by atoms with Gasteiger partial charge in [-0.25, -0.2) is 0 Å². The van der Waals surface area contributed by atoms with Gasteiger partial charge in [-0.05, 0) is 24.6 Å². The monoisotopic (exact) mass is 372 g/mol. The van der Waals surface area contributed by atoms with E-state index in [2.05, 4.69) is 10.6 Å². The molecule has 0 spiro atoms. The SMILES string of the molecule is COc1ccc(OC)c(NC(=O)CC(C)NCC(OC)c2ccccc2)c1. The van der Waals surface area contributed by atoms with Gasteiger partial charge in [0, 0.05) is 32.2 Å². The number of carbonyl (C=O) groups is 1. The lowest BCUT2D eigenvalue weighted by Crippen LogP contribution is -2.34. The average molecular weight is 372 g/mol. The fraction of sp³-hybridized carbons (Fsp3) is 0.381. The van der Waals surface area contributed by atoms with E-state index in [9.17, 15) is 4.79 Å². The first-order chi connectivity index (χ1) is 13.1. The highest BCUT2D eigenvalue weighted by molar-refractivity contribution is 5.92. The zero-order valence-electron chi connectivity index (χ0n) is 16.3. The maximum absolute atomic E-state index is 12.4. The van der Waals surface area contributed by atoms with Crippen molar-refractivity contribution in [2.24, 2.45) is 0 Å². The second-order valence-electron chi connectivity index (χ2n) is 6.26.